The number of pyridine rings is 1. The second kappa shape index (κ2) is 6.37. The Balaban J connectivity index is 2.27. The smallest absolute Gasteiger partial charge is 0.257 e. The van der Waals surface area contributed by atoms with Crippen LogP contribution >= 0.6 is 11.6 Å². The molecule has 108 valence electrons. The van der Waals surface area contributed by atoms with Gasteiger partial charge in [0.05, 0.1) is 0 Å². The maximum atomic E-state index is 12.1. The van der Waals surface area contributed by atoms with E-state index < -0.39 is 22.6 Å². The molecular formula is C15H13ClN2O3. The predicted octanol–water partition coefficient (Wildman–Crippen LogP) is 1.92. The molecule has 0 aliphatic rings. The van der Waals surface area contributed by atoms with Gasteiger partial charge >= 0.3 is 0 Å². The van der Waals surface area contributed by atoms with Crippen molar-refractivity contribution in [2.45, 2.75) is 13.0 Å². The highest BCUT2D eigenvalue weighted by molar-refractivity contribution is 6.64. The molecule has 21 heavy (non-hydrogen) atoms. The Hall–Kier alpha value is -2.40. The molecule has 1 aromatic heterocycles. The summed E-state index contributed by atoms with van der Waals surface area (Å²) in [7, 11) is 0. The molecule has 0 bridgehead atoms. The first-order chi connectivity index (χ1) is 9.99. The molecule has 1 heterocycles. The average molecular weight is 305 g/mol. The van der Waals surface area contributed by atoms with E-state index in [1.165, 1.54) is 12.3 Å². The van der Waals surface area contributed by atoms with E-state index in [0.717, 1.165) is 0 Å². The number of aryl methyl sites for hydroxylation is 1. The van der Waals surface area contributed by atoms with Crippen molar-refractivity contribution in [1.29, 1.82) is 0 Å². The molecule has 1 unspecified atom stereocenters. The van der Waals surface area contributed by atoms with E-state index in [1.54, 1.807) is 37.3 Å². The summed E-state index contributed by atoms with van der Waals surface area (Å²) in [5.41, 5.74) is 0.705. The summed E-state index contributed by atoms with van der Waals surface area (Å²) in [6.07, 6.45) is 1.31. The van der Waals surface area contributed by atoms with Gasteiger partial charge in [0.25, 0.3) is 5.91 Å². The second-order valence-corrected chi connectivity index (χ2v) is 4.89. The van der Waals surface area contributed by atoms with Crippen LogP contribution in [0.15, 0.2) is 47.4 Å². The number of halogens is 1. The monoisotopic (exact) mass is 304 g/mol. The number of carbonyl (C=O) groups excluding carboxylic acids is 2. The Kier molecular flexibility index (Phi) is 4.55. The number of nitrogens with one attached hydrogen (secondary N) is 2. The van der Waals surface area contributed by atoms with Crippen LogP contribution < -0.4 is 10.7 Å². The van der Waals surface area contributed by atoms with Gasteiger partial charge in [-0.05, 0) is 24.1 Å². The van der Waals surface area contributed by atoms with Crippen molar-refractivity contribution in [2.24, 2.45) is 0 Å². The molecule has 5 nitrogen and oxygen atoms in total. The SMILES string of the molecule is Cc1cc(=O)c(C(=O)NC(C(=O)Cl)c2ccccc2)c[nH]1. The largest absolute Gasteiger partial charge is 0.364 e. The molecule has 1 aromatic carbocycles. The lowest BCUT2D eigenvalue weighted by molar-refractivity contribution is -0.113. The number of amides is 1. The van der Waals surface area contributed by atoms with Gasteiger partial charge in [0.15, 0.2) is 5.43 Å². The van der Waals surface area contributed by atoms with Crippen LogP contribution in [0.4, 0.5) is 0 Å². The minimum Gasteiger partial charge on any atom is -0.364 e. The first-order valence-corrected chi connectivity index (χ1v) is 6.61. The Labute approximate surface area is 126 Å². The minimum absolute atomic E-state index is 0.0700. The Morgan fingerprint density at radius 3 is 2.48 bits per heavy atom. The molecular weight excluding hydrogens is 292 g/mol. The normalized spacial score (nSPS) is 11.7. The molecule has 1 atom stereocenters. The fourth-order valence-electron chi connectivity index (χ4n) is 1.88. The molecule has 2 N–H and O–H groups in total. The summed E-state index contributed by atoms with van der Waals surface area (Å²) in [5.74, 6) is -0.654. The Bertz CT molecular complexity index is 725. The van der Waals surface area contributed by atoms with Crippen molar-refractivity contribution in [2.75, 3.05) is 0 Å². The molecule has 1 amide bonds. The molecule has 0 saturated heterocycles. The number of carbonyl (C=O) groups is 2. The van der Waals surface area contributed by atoms with E-state index >= 15 is 0 Å². The van der Waals surface area contributed by atoms with Crippen LogP contribution in [0.5, 0.6) is 0 Å². The van der Waals surface area contributed by atoms with E-state index in [0.29, 0.717) is 11.3 Å². The zero-order chi connectivity index (χ0) is 15.4. The molecule has 0 fully saturated rings. The maximum Gasteiger partial charge on any atom is 0.257 e. The fourth-order valence-corrected chi connectivity index (χ4v) is 2.06. The lowest BCUT2D eigenvalue weighted by atomic mass is 10.1. The molecule has 0 radical (unpaired) electrons. The van der Waals surface area contributed by atoms with Gasteiger partial charge in [0.1, 0.15) is 11.6 Å². The topological polar surface area (TPSA) is 79.0 Å². The predicted molar refractivity (Wildman–Crippen MR) is 79.3 cm³/mol. The van der Waals surface area contributed by atoms with Gasteiger partial charge in [0.2, 0.25) is 5.24 Å². The van der Waals surface area contributed by atoms with Gasteiger partial charge in [-0.25, -0.2) is 0 Å². The highest BCUT2D eigenvalue weighted by Crippen LogP contribution is 2.16. The zero-order valence-corrected chi connectivity index (χ0v) is 12.0. The molecule has 6 heteroatoms. The molecule has 0 spiro atoms. The van der Waals surface area contributed by atoms with Crippen molar-refractivity contribution in [1.82, 2.24) is 10.3 Å². The summed E-state index contributed by atoms with van der Waals surface area (Å²) < 4.78 is 0. The van der Waals surface area contributed by atoms with Gasteiger partial charge in [-0.3, -0.25) is 14.4 Å². The van der Waals surface area contributed by atoms with Crippen LogP contribution in [-0.4, -0.2) is 16.1 Å². The number of rotatable bonds is 4. The minimum atomic E-state index is -0.999. The maximum absolute atomic E-state index is 12.1. The summed E-state index contributed by atoms with van der Waals surface area (Å²) in [4.78, 5) is 38.2. The summed E-state index contributed by atoms with van der Waals surface area (Å²) >= 11 is 5.54. The van der Waals surface area contributed by atoms with Crippen molar-refractivity contribution < 1.29 is 9.59 Å². The molecule has 0 aliphatic carbocycles. The van der Waals surface area contributed by atoms with Gasteiger partial charge in [0, 0.05) is 18.0 Å². The van der Waals surface area contributed by atoms with Crippen molar-refractivity contribution in [3.63, 3.8) is 0 Å². The third kappa shape index (κ3) is 3.58. The first-order valence-electron chi connectivity index (χ1n) is 6.23. The highest BCUT2D eigenvalue weighted by Gasteiger charge is 2.22. The van der Waals surface area contributed by atoms with E-state index in [4.69, 9.17) is 11.6 Å². The zero-order valence-electron chi connectivity index (χ0n) is 11.2. The van der Waals surface area contributed by atoms with Crippen LogP contribution in [0.2, 0.25) is 0 Å². The number of aromatic nitrogens is 1. The molecule has 0 aliphatic heterocycles. The van der Waals surface area contributed by atoms with Crippen LogP contribution in [0.3, 0.4) is 0 Å². The molecule has 0 saturated carbocycles. The van der Waals surface area contributed by atoms with Gasteiger partial charge in [-0.1, -0.05) is 30.3 Å². The lowest BCUT2D eigenvalue weighted by Gasteiger charge is -2.15. The van der Waals surface area contributed by atoms with Gasteiger partial charge in [-0.15, -0.1) is 0 Å². The number of benzene rings is 1. The lowest BCUT2D eigenvalue weighted by Crippen LogP contribution is -2.34. The second-order valence-electron chi connectivity index (χ2n) is 4.52. The number of H-pyrrole nitrogens is 1. The van der Waals surface area contributed by atoms with E-state index in [-0.39, 0.29) is 5.56 Å². The van der Waals surface area contributed by atoms with E-state index in [2.05, 4.69) is 10.3 Å². The van der Waals surface area contributed by atoms with Crippen LogP contribution in [0, 0.1) is 6.92 Å². The Morgan fingerprint density at radius 2 is 1.90 bits per heavy atom. The van der Waals surface area contributed by atoms with Gasteiger partial charge < -0.3 is 10.3 Å². The van der Waals surface area contributed by atoms with Crippen LogP contribution in [0.25, 0.3) is 0 Å². The standard InChI is InChI=1S/C15H13ClN2O3/c1-9-7-12(19)11(8-17-9)15(21)18-13(14(16)20)10-5-3-2-4-6-10/h2-8,13H,1H3,(H,17,19)(H,18,21). The first kappa shape index (κ1) is 15.0. The fraction of sp³-hybridized carbons (Fsp3) is 0.133. The average Bonchev–Trinajstić information content (AvgIpc) is 2.45. The van der Waals surface area contributed by atoms with E-state index in [1.807, 2.05) is 0 Å². The van der Waals surface area contributed by atoms with E-state index in [9.17, 15) is 14.4 Å². The number of aromatic amines is 1. The summed E-state index contributed by atoms with van der Waals surface area (Å²) in [6, 6.07) is 8.90. The number of hydrogen-bond donors (Lipinski definition) is 2. The van der Waals surface area contributed by atoms with Crippen molar-refractivity contribution in [3.8, 4) is 0 Å². The number of hydrogen-bond acceptors (Lipinski definition) is 3. The molecule has 2 aromatic rings. The van der Waals surface area contributed by atoms with Crippen molar-refractivity contribution >= 4 is 22.8 Å². The summed E-state index contributed by atoms with van der Waals surface area (Å²) in [6.45, 7) is 1.71. The summed E-state index contributed by atoms with van der Waals surface area (Å²) in [5, 5.41) is 1.74. The van der Waals surface area contributed by atoms with Gasteiger partial charge in [-0.2, -0.15) is 0 Å². The quantitative estimate of drug-likeness (QED) is 0.847. The van der Waals surface area contributed by atoms with Crippen LogP contribution in [-0.2, 0) is 4.79 Å². The van der Waals surface area contributed by atoms with Crippen LogP contribution in [0.1, 0.15) is 27.7 Å². The third-order valence-corrected chi connectivity index (χ3v) is 3.16. The molecule has 2 rings (SSSR count). The third-order valence-electron chi connectivity index (χ3n) is 2.94. The highest BCUT2D eigenvalue weighted by atomic mass is 35.5. The van der Waals surface area contributed by atoms with Crippen molar-refractivity contribution in [3.05, 3.63) is 69.6 Å². The Morgan fingerprint density at radius 1 is 1.24 bits per heavy atom.